The molecule has 13 heteroatoms. The number of amides is 1. The summed E-state index contributed by atoms with van der Waals surface area (Å²) >= 11 is 6.05. The van der Waals surface area contributed by atoms with Crippen LogP contribution in [0.1, 0.15) is 54.8 Å². The number of hydrogen-bond donors (Lipinski definition) is 4. The average molecular weight is 580 g/mol. The van der Waals surface area contributed by atoms with E-state index in [1.807, 2.05) is 13.8 Å². The number of carbonyl (C=O) groups excluding carboxylic acids is 1. The number of nitrogens with one attached hydrogen (secondary N) is 3. The van der Waals surface area contributed by atoms with Crippen molar-refractivity contribution in [2.45, 2.75) is 46.2 Å². The van der Waals surface area contributed by atoms with Crippen LogP contribution in [0.3, 0.4) is 0 Å². The summed E-state index contributed by atoms with van der Waals surface area (Å²) in [7, 11) is -3.64. The van der Waals surface area contributed by atoms with Gasteiger partial charge in [0.2, 0.25) is 5.95 Å². The van der Waals surface area contributed by atoms with Gasteiger partial charge in [0.15, 0.2) is 0 Å². The molecule has 2 aromatic heterocycles. The van der Waals surface area contributed by atoms with E-state index >= 15 is 0 Å². The van der Waals surface area contributed by atoms with E-state index in [1.54, 1.807) is 56.6 Å². The number of anilines is 1. The summed E-state index contributed by atoms with van der Waals surface area (Å²) in [4.78, 5) is 24.9. The molecule has 3 aromatic rings. The van der Waals surface area contributed by atoms with Crippen molar-refractivity contribution < 1.29 is 28.0 Å². The Morgan fingerprint density at radius 3 is 2.56 bits per heavy atom. The largest absolute Gasteiger partial charge is 0.474 e. The topological polar surface area (TPSA) is 148 Å². The third-order valence-corrected chi connectivity index (χ3v) is 7.60. The fourth-order valence-electron chi connectivity index (χ4n) is 3.71. The molecule has 0 aliphatic heterocycles. The van der Waals surface area contributed by atoms with Crippen LogP contribution < -0.4 is 10.6 Å². The molecule has 0 aliphatic carbocycles. The van der Waals surface area contributed by atoms with Gasteiger partial charge in [-0.1, -0.05) is 30.7 Å². The minimum absolute atomic E-state index is 0.0630. The van der Waals surface area contributed by atoms with Crippen LogP contribution in [0.5, 0.6) is 0 Å². The minimum atomic E-state index is -3.64. The molecule has 2 heterocycles. The van der Waals surface area contributed by atoms with Gasteiger partial charge < -0.3 is 20.7 Å². The number of halogens is 1. The molecule has 0 saturated heterocycles. The van der Waals surface area contributed by atoms with Gasteiger partial charge in [0.1, 0.15) is 5.69 Å². The maximum Gasteiger partial charge on any atom is 0.474 e. The second-order valence-electron chi connectivity index (χ2n) is 8.62. The molecule has 0 fully saturated rings. The van der Waals surface area contributed by atoms with Crippen molar-refractivity contribution in [1.82, 2.24) is 20.3 Å². The number of rotatable bonds is 15. The Hall–Kier alpha value is -2.79. The molecule has 2 atom stereocenters. The number of aliphatic hydroxyl groups is 1. The van der Waals surface area contributed by atoms with Crippen LogP contribution in [-0.4, -0.2) is 58.4 Å². The van der Waals surface area contributed by atoms with E-state index in [0.717, 1.165) is 5.56 Å². The summed E-state index contributed by atoms with van der Waals surface area (Å²) in [6, 6.07) is 7.77. The molecule has 0 saturated carbocycles. The lowest BCUT2D eigenvalue weighted by molar-refractivity contribution is 0.0911. The fraction of sp³-hybridized carbons (Fsp3) is 0.423. The molecule has 0 bridgehead atoms. The number of aromatic nitrogens is 3. The Morgan fingerprint density at radius 2 is 1.92 bits per heavy atom. The molecule has 11 nitrogen and oxygen atoms in total. The third kappa shape index (κ3) is 8.60. The number of phosphoric acid groups is 1. The van der Waals surface area contributed by atoms with Gasteiger partial charge in [0, 0.05) is 23.0 Å². The molecule has 1 aromatic carbocycles. The van der Waals surface area contributed by atoms with E-state index < -0.39 is 13.9 Å². The number of nitrogens with zero attached hydrogens (tertiary/aromatic N) is 2. The van der Waals surface area contributed by atoms with Crippen LogP contribution >= 0.6 is 19.4 Å². The molecule has 212 valence electrons. The van der Waals surface area contributed by atoms with Crippen molar-refractivity contribution in [3.05, 3.63) is 64.6 Å². The number of aryl methyl sites for hydroxylation is 1. The number of H-pyrrole nitrogens is 1. The summed E-state index contributed by atoms with van der Waals surface area (Å²) in [5.74, 6) is -0.0382. The first kappa shape index (κ1) is 30.7. The number of aromatic amines is 1. The standard InChI is InChI=1S/C26H35ClN5O6P/c1-5-21(16-38-39(35,36-6-2)37-7-3)30-26-29-13-17(4)24(32-26)19-12-22(28-14-19)25(34)31-23(15-33)18-9-8-10-20(27)11-18/h8-14,21,23,28,33H,5-7,15-16H2,1-4H3,(H,31,34)(H,29,30,32)/t21-,23-/m1/s1. The lowest BCUT2D eigenvalue weighted by atomic mass is 10.1. The predicted molar refractivity (Wildman–Crippen MR) is 150 cm³/mol. The first-order chi connectivity index (χ1) is 18.7. The summed E-state index contributed by atoms with van der Waals surface area (Å²) in [5.41, 5.74) is 3.12. The Bertz CT molecular complexity index is 1280. The first-order valence-corrected chi connectivity index (χ1v) is 14.6. The van der Waals surface area contributed by atoms with Crippen LogP contribution in [0, 0.1) is 6.92 Å². The van der Waals surface area contributed by atoms with Crippen molar-refractivity contribution in [2.24, 2.45) is 0 Å². The highest BCUT2D eigenvalue weighted by atomic mass is 35.5. The van der Waals surface area contributed by atoms with Gasteiger partial charge in [0.25, 0.3) is 5.91 Å². The SMILES string of the molecule is CCOP(=O)(OCC)OC[C@@H](CC)Nc1ncc(C)c(-c2c[nH]c(C(=O)N[C@H](CO)c3cccc(Cl)c3)c2)n1. The van der Waals surface area contributed by atoms with Gasteiger partial charge in [-0.25, -0.2) is 14.5 Å². The summed E-state index contributed by atoms with van der Waals surface area (Å²) < 4.78 is 28.5. The maximum absolute atomic E-state index is 12.9. The van der Waals surface area contributed by atoms with Gasteiger partial charge >= 0.3 is 7.82 Å². The number of hydrogen-bond acceptors (Lipinski definition) is 9. The van der Waals surface area contributed by atoms with Crippen LogP contribution in [0.4, 0.5) is 5.95 Å². The number of benzene rings is 1. The van der Waals surface area contributed by atoms with Crippen LogP contribution in [-0.2, 0) is 18.1 Å². The minimum Gasteiger partial charge on any atom is -0.394 e. The highest BCUT2D eigenvalue weighted by Crippen LogP contribution is 2.49. The van der Waals surface area contributed by atoms with Gasteiger partial charge in [-0.3, -0.25) is 18.4 Å². The van der Waals surface area contributed by atoms with E-state index in [0.29, 0.717) is 39.9 Å². The van der Waals surface area contributed by atoms with Gasteiger partial charge in [-0.2, -0.15) is 0 Å². The average Bonchev–Trinajstić information content (AvgIpc) is 3.41. The zero-order chi connectivity index (χ0) is 28.4. The van der Waals surface area contributed by atoms with E-state index in [1.165, 1.54) is 0 Å². The molecule has 0 spiro atoms. The van der Waals surface area contributed by atoms with Crippen molar-refractivity contribution in [3.8, 4) is 11.3 Å². The lowest BCUT2D eigenvalue weighted by Crippen LogP contribution is -2.31. The number of carbonyl (C=O) groups is 1. The van der Waals surface area contributed by atoms with E-state index in [4.69, 9.17) is 25.2 Å². The zero-order valence-corrected chi connectivity index (χ0v) is 24.1. The van der Waals surface area contributed by atoms with Crippen molar-refractivity contribution in [2.75, 3.05) is 31.7 Å². The van der Waals surface area contributed by atoms with E-state index in [2.05, 4.69) is 25.6 Å². The van der Waals surface area contributed by atoms with E-state index in [-0.39, 0.29) is 38.4 Å². The molecule has 3 rings (SSSR count). The molecule has 0 unspecified atom stereocenters. The molecule has 1 amide bonds. The van der Waals surface area contributed by atoms with Crippen molar-refractivity contribution >= 4 is 31.3 Å². The second kappa shape index (κ2) is 14.6. The highest BCUT2D eigenvalue weighted by Gasteiger charge is 2.27. The monoisotopic (exact) mass is 579 g/mol. The quantitative estimate of drug-likeness (QED) is 0.176. The Labute approximate surface area is 233 Å². The Balaban J connectivity index is 1.71. The second-order valence-corrected chi connectivity index (χ2v) is 10.7. The molecule has 4 N–H and O–H groups in total. The molecule has 0 aliphatic rings. The summed E-state index contributed by atoms with van der Waals surface area (Å²) in [6.07, 6.45) is 4.00. The maximum atomic E-state index is 12.9. The first-order valence-electron chi connectivity index (χ1n) is 12.7. The Kier molecular flexibility index (Phi) is 11.5. The van der Waals surface area contributed by atoms with Gasteiger partial charge in [0.05, 0.1) is 44.2 Å². The lowest BCUT2D eigenvalue weighted by Gasteiger charge is -2.21. The summed E-state index contributed by atoms with van der Waals surface area (Å²) in [5, 5.41) is 16.3. The number of phosphoric ester groups is 1. The predicted octanol–water partition coefficient (Wildman–Crippen LogP) is 5.29. The van der Waals surface area contributed by atoms with Crippen LogP contribution in [0.15, 0.2) is 42.7 Å². The van der Waals surface area contributed by atoms with Crippen LogP contribution in [0.25, 0.3) is 11.3 Å². The Morgan fingerprint density at radius 1 is 1.18 bits per heavy atom. The summed E-state index contributed by atoms with van der Waals surface area (Å²) in [6.45, 7) is 7.42. The molecular formula is C26H35ClN5O6P. The van der Waals surface area contributed by atoms with Crippen molar-refractivity contribution in [1.29, 1.82) is 0 Å². The third-order valence-electron chi connectivity index (χ3n) is 5.75. The zero-order valence-electron chi connectivity index (χ0n) is 22.4. The van der Waals surface area contributed by atoms with E-state index in [9.17, 15) is 14.5 Å². The smallest absolute Gasteiger partial charge is 0.394 e. The van der Waals surface area contributed by atoms with Crippen molar-refractivity contribution in [3.63, 3.8) is 0 Å². The van der Waals surface area contributed by atoms with Gasteiger partial charge in [-0.05, 0) is 56.5 Å². The normalized spacial score (nSPS) is 13.2. The van der Waals surface area contributed by atoms with Gasteiger partial charge in [-0.15, -0.1) is 0 Å². The van der Waals surface area contributed by atoms with Crippen LogP contribution in [0.2, 0.25) is 5.02 Å². The highest BCUT2D eigenvalue weighted by molar-refractivity contribution is 7.48. The molecular weight excluding hydrogens is 545 g/mol. The molecule has 39 heavy (non-hydrogen) atoms. The fourth-order valence-corrected chi connectivity index (χ4v) is 5.13. The number of aliphatic hydroxyl groups excluding tert-OH is 1. The molecule has 0 radical (unpaired) electrons.